The second kappa shape index (κ2) is 5.44. The summed E-state index contributed by atoms with van der Waals surface area (Å²) in [5, 5.41) is 12.9. The van der Waals surface area contributed by atoms with E-state index in [2.05, 4.69) is 15.5 Å². The first-order valence-corrected chi connectivity index (χ1v) is 6.29. The number of benzene rings is 1. The van der Waals surface area contributed by atoms with E-state index in [1.54, 1.807) is 0 Å². The summed E-state index contributed by atoms with van der Waals surface area (Å²) >= 11 is 7.47. The molecule has 0 fully saturated rings. The zero-order valence-electron chi connectivity index (χ0n) is 9.53. The Morgan fingerprint density at radius 1 is 1.41 bits per heavy atom. The molecule has 0 atom stereocenters. The van der Waals surface area contributed by atoms with Gasteiger partial charge in [-0.3, -0.25) is 0 Å². The average molecular weight is 270 g/mol. The first-order valence-electron chi connectivity index (χ1n) is 5.10. The highest BCUT2D eigenvalue weighted by molar-refractivity contribution is 7.13. The van der Waals surface area contributed by atoms with Crippen molar-refractivity contribution in [3.05, 3.63) is 33.8 Å². The first kappa shape index (κ1) is 12.3. The number of halogens is 1. The van der Waals surface area contributed by atoms with Gasteiger partial charge < -0.3 is 10.1 Å². The minimum absolute atomic E-state index is 0.501. The van der Waals surface area contributed by atoms with E-state index in [-0.39, 0.29) is 0 Å². The van der Waals surface area contributed by atoms with Gasteiger partial charge in [0.2, 0.25) is 0 Å². The van der Waals surface area contributed by atoms with Gasteiger partial charge in [0.1, 0.15) is 10.8 Å². The molecule has 6 heteroatoms. The van der Waals surface area contributed by atoms with E-state index < -0.39 is 0 Å². The lowest BCUT2D eigenvalue weighted by Gasteiger charge is -2.03. The molecule has 0 unspecified atom stereocenters. The van der Waals surface area contributed by atoms with Crippen LogP contribution in [-0.4, -0.2) is 17.2 Å². The Bertz CT molecular complexity index is 515. The van der Waals surface area contributed by atoms with Crippen LogP contribution in [0.3, 0.4) is 0 Å². The molecule has 0 aliphatic rings. The molecule has 0 aliphatic heterocycles. The van der Waals surface area contributed by atoms with Crippen molar-refractivity contribution < 1.29 is 4.74 Å². The summed E-state index contributed by atoms with van der Waals surface area (Å²) in [6.45, 7) is 2.66. The Morgan fingerprint density at radius 2 is 2.24 bits per heavy atom. The molecule has 90 valence electrons. The van der Waals surface area contributed by atoms with Crippen molar-refractivity contribution in [2.75, 3.05) is 7.05 Å². The van der Waals surface area contributed by atoms with Crippen LogP contribution in [0.15, 0.2) is 18.2 Å². The quantitative estimate of drug-likeness (QED) is 0.927. The van der Waals surface area contributed by atoms with Gasteiger partial charge in [0.05, 0.1) is 5.02 Å². The van der Waals surface area contributed by atoms with Gasteiger partial charge in [0.25, 0.3) is 5.19 Å². The van der Waals surface area contributed by atoms with Gasteiger partial charge in [-0.15, -0.1) is 5.10 Å². The van der Waals surface area contributed by atoms with Crippen molar-refractivity contribution in [1.29, 1.82) is 0 Å². The van der Waals surface area contributed by atoms with Gasteiger partial charge >= 0.3 is 0 Å². The summed E-state index contributed by atoms with van der Waals surface area (Å²) in [6, 6.07) is 5.63. The summed E-state index contributed by atoms with van der Waals surface area (Å²) in [5.74, 6) is 0.601. The van der Waals surface area contributed by atoms with Gasteiger partial charge in [0, 0.05) is 6.54 Å². The molecule has 1 N–H and O–H groups in total. The van der Waals surface area contributed by atoms with Crippen molar-refractivity contribution in [3.63, 3.8) is 0 Å². The topological polar surface area (TPSA) is 47.0 Å². The van der Waals surface area contributed by atoms with Crippen LogP contribution in [0.25, 0.3) is 0 Å². The average Bonchev–Trinajstić information content (AvgIpc) is 2.71. The summed E-state index contributed by atoms with van der Waals surface area (Å²) in [4.78, 5) is 0. The summed E-state index contributed by atoms with van der Waals surface area (Å²) in [7, 11) is 1.86. The lowest BCUT2D eigenvalue weighted by molar-refractivity contribution is 0.473. The summed E-state index contributed by atoms with van der Waals surface area (Å²) < 4.78 is 5.58. The fourth-order valence-electron chi connectivity index (χ4n) is 1.28. The maximum atomic E-state index is 6.07. The minimum Gasteiger partial charge on any atom is -0.428 e. The van der Waals surface area contributed by atoms with Crippen LogP contribution in [0.4, 0.5) is 0 Å². The molecule has 2 aromatic rings. The predicted octanol–water partition coefficient (Wildman–Crippen LogP) is 3.01. The van der Waals surface area contributed by atoms with Gasteiger partial charge in [0.15, 0.2) is 0 Å². The molecule has 0 spiro atoms. The van der Waals surface area contributed by atoms with Crippen LogP contribution in [0.2, 0.25) is 5.02 Å². The number of aryl methyl sites for hydroxylation is 1. The summed E-state index contributed by atoms with van der Waals surface area (Å²) in [6.07, 6.45) is 0. The molecule has 1 heterocycles. The Morgan fingerprint density at radius 3 is 2.94 bits per heavy atom. The Hall–Kier alpha value is -1.17. The van der Waals surface area contributed by atoms with Crippen molar-refractivity contribution in [2.24, 2.45) is 0 Å². The zero-order valence-corrected chi connectivity index (χ0v) is 11.1. The minimum atomic E-state index is 0.501. The van der Waals surface area contributed by atoms with Crippen LogP contribution in [0, 0.1) is 6.92 Å². The zero-order chi connectivity index (χ0) is 12.3. The normalized spacial score (nSPS) is 10.5. The smallest absolute Gasteiger partial charge is 0.299 e. The third kappa shape index (κ3) is 3.15. The Balaban J connectivity index is 2.13. The van der Waals surface area contributed by atoms with Gasteiger partial charge in [-0.1, -0.05) is 34.1 Å². The highest BCUT2D eigenvalue weighted by Crippen LogP contribution is 2.31. The van der Waals surface area contributed by atoms with E-state index in [1.165, 1.54) is 11.3 Å². The number of hydrogen-bond acceptors (Lipinski definition) is 5. The van der Waals surface area contributed by atoms with E-state index in [0.29, 0.717) is 22.5 Å². The molecule has 17 heavy (non-hydrogen) atoms. The maximum Gasteiger partial charge on any atom is 0.299 e. The van der Waals surface area contributed by atoms with E-state index >= 15 is 0 Å². The monoisotopic (exact) mass is 269 g/mol. The van der Waals surface area contributed by atoms with Gasteiger partial charge in [-0.25, -0.2) is 0 Å². The number of hydrogen-bond donors (Lipinski definition) is 1. The number of aromatic nitrogens is 2. The Labute approximate surface area is 109 Å². The molecular weight excluding hydrogens is 258 g/mol. The fraction of sp³-hybridized carbons (Fsp3) is 0.273. The molecule has 0 amide bonds. The van der Waals surface area contributed by atoms with E-state index in [9.17, 15) is 0 Å². The third-order valence-corrected chi connectivity index (χ3v) is 3.16. The lowest BCUT2D eigenvalue weighted by atomic mass is 10.2. The highest BCUT2D eigenvalue weighted by Gasteiger charge is 2.08. The number of nitrogens with zero attached hydrogens (tertiary/aromatic N) is 2. The van der Waals surface area contributed by atoms with Crippen LogP contribution >= 0.6 is 22.9 Å². The number of nitrogens with one attached hydrogen (secondary N) is 1. The van der Waals surface area contributed by atoms with Gasteiger partial charge in [-0.2, -0.15) is 0 Å². The lowest BCUT2D eigenvalue weighted by Crippen LogP contribution is -2.04. The maximum absolute atomic E-state index is 6.07. The second-order valence-corrected chi connectivity index (χ2v) is 4.96. The largest absolute Gasteiger partial charge is 0.428 e. The predicted molar refractivity (Wildman–Crippen MR) is 68.9 cm³/mol. The molecule has 0 saturated carbocycles. The van der Waals surface area contributed by atoms with Crippen LogP contribution in [-0.2, 0) is 6.54 Å². The first-order chi connectivity index (χ1) is 8.19. The molecular formula is C11H12ClN3OS. The van der Waals surface area contributed by atoms with Crippen molar-refractivity contribution >= 4 is 22.9 Å². The molecule has 1 aromatic carbocycles. The van der Waals surface area contributed by atoms with Crippen molar-refractivity contribution in [1.82, 2.24) is 15.5 Å². The fourth-order valence-corrected chi connectivity index (χ4v) is 2.27. The van der Waals surface area contributed by atoms with E-state index in [4.69, 9.17) is 16.3 Å². The molecule has 0 bridgehead atoms. The van der Waals surface area contributed by atoms with Crippen molar-refractivity contribution in [2.45, 2.75) is 13.5 Å². The molecule has 2 rings (SSSR count). The molecule has 1 aromatic heterocycles. The third-order valence-electron chi connectivity index (χ3n) is 2.06. The molecule has 4 nitrogen and oxygen atoms in total. The second-order valence-electron chi connectivity index (χ2n) is 3.53. The molecule has 0 aliphatic carbocycles. The van der Waals surface area contributed by atoms with Crippen LogP contribution in [0.5, 0.6) is 10.9 Å². The summed E-state index contributed by atoms with van der Waals surface area (Å²) in [5.41, 5.74) is 1.09. The van der Waals surface area contributed by atoms with Crippen LogP contribution in [0.1, 0.15) is 10.6 Å². The van der Waals surface area contributed by atoms with E-state index in [0.717, 1.165) is 10.6 Å². The van der Waals surface area contributed by atoms with Crippen LogP contribution < -0.4 is 10.1 Å². The number of ether oxygens (including phenoxy) is 1. The Kier molecular flexibility index (Phi) is 3.93. The van der Waals surface area contributed by atoms with E-state index in [1.807, 2.05) is 32.2 Å². The molecule has 0 radical (unpaired) electrons. The number of rotatable bonds is 4. The SMILES string of the molecule is CNCc1nnc(Oc2ccc(C)cc2Cl)s1. The van der Waals surface area contributed by atoms with Crippen molar-refractivity contribution in [3.8, 4) is 10.9 Å². The van der Waals surface area contributed by atoms with Gasteiger partial charge in [-0.05, 0) is 31.7 Å². The molecule has 0 saturated heterocycles. The highest BCUT2D eigenvalue weighted by atomic mass is 35.5. The standard InChI is InChI=1S/C11H12ClN3OS/c1-7-3-4-9(8(12)5-7)16-11-15-14-10(17-11)6-13-2/h3-5,13H,6H2,1-2H3.